The van der Waals surface area contributed by atoms with Crippen molar-refractivity contribution in [1.82, 2.24) is 0 Å². The number of hydrogen-bond acceptors (Lipinski definition) is 6. The van der Waals surface area contributed by atoms with Gasteiger partial charge in [0.2, 0.25) is 0 Å². The molecule has 48 valence electrons. The Labute approximate surface area is 55.8 Å². The van der Waals surface area contributed by atoms with Gasteiger partial charge in [-0.3, -0.25) is 0 Å². The van der Waals surface area contributed by atoms with E-state index in [1.54, 1.807) is 0 Å². The molecule has 2 aliphatic rings. The summed E-state index contributed by atoms with van der Waals surface area (Å²) in [6.07, 6.45) is 3.01. The Bertz CT molecular complexity index is 235. The molecule has 0 saturated carbocycles. The predicted molar refractivity (Wildman–Crippen MR) is 33.7 cm³/mol. The Morgan fingerprint density at radius 2 is 1.30 bits per heavy atom. The molecule has 0 aromatic carbocycles. The molecule has 0 atom stereocenters. The average molecular weight is 134 g/mol. The second-order valence-corrected chi connectivity index (χ2v) is 1.64. The molecule has 2 aliphatic heterocycles. The summed E-state index contributed by atoms with van der Waals surface area (Å²) in [5.41, 5.74) is 1.20. The Hall–Kier alpha value is -1.72. The van der Waals surface area contributed by atoms with Gasteiger partial charge < -0.3 is 0 Å². The van der Waals surface area contributed by atoms with Gasteiger partial charge in [-0.15, -0.1) is 20.4 Å². The molecule has 0 spiro atoms. The van der Waals surface area contributed by atoms with E-state index in [4.69, 9.17) is 0 Å². The van der Waals surface area contributed by atoms with Crippen LogP contribution in [-0.4, -0.2) is 12.4 Å². The quantitative estimate of drug-likeness (QED) is 0.475. The van der Waals surface area contributed by atoms with E-state index in [2.05, 4.69) is 30.9 Å². The van der Waals surface area contributed by atoms with E-state index in [0.29, 0.717) is 11.4 Å². The molecule has 6 nitrogen and oxygen atoms in total. The SMILES string of the molecule is C1=NN=NC1=C1C=NN=N1. The minimum atomic E-state index is 0.602. The summed E-state index contributed by atoms with van der Waals surface area (Å²) in [5.74, 6) is 0. The molecule has 10 heavy (non-hydrogen) atoms. The lowest BCUT2D eigenvalue weighted by molar-refractivity contribution is 1.06. The highest BCUT2D eigenvalue weighted by molar-refractivity contribution is 5.91. The molecule has 0 fully saturated rings. The molecule has 0 radical (unpaired) electrons. The van der Waals surface area contributed by atoms with Crippen molar-refractivity contribution < 1.29 is 0 Å². The third-order valence-corrected chi connectivity index (χ3v) is 1.03. The molecule has 2 heterocycles. The number of rotatable bonds is 0. The largest absolute Gasteiger partial charge is 0.137 e. The fourth-order valence-electron chi connectivity index (χ4n) is 0.595. The first kappa shape index (κ1) is 5.10. The standard InChI is InChI=1S/C4H2N6/c1-3(7-9-5-1)4-2-6-10-8-4/h1-2H. The van der Waals surface area contributed by atoms with E-state index in [1.807, 2.05) is 0 Å². The van der Waals surface area contributed by atoms with Gasteiger partial charge in [0.15, 0.2) is 0 Å². The van der Waals surface area contributed by atoms with Crippen LogP contribution in [0.1, 0.15) is 0 Å². The Morgan fingerprint density at radius 3 is 1.60 bits per heavy atom. The summed E-state index contributed by atoms with van der Waals surface area (Å²) in [6, 6.07) is 0. The van der Waals surface area contributed by atoms with Gasteiger partial charge in [0.25, 0.3) is 0 Å². The maximum atomic E-state index is 3.66. The van der Waals surface area contributed by atoms with Crippen molar-refractivity contribution >= 4 is 12.4 Å². The van der Waals surface area contributed by atoms with Crippen molar-refractivity contribution in [3.63, 3.8) is 0 Å². The fourth-order valence-corrected chi connectivity index (χ4v) is 0.595. The van der Waals surface area contributed by atoms with Gasteiger partial charge in [0.1, 0.15) is 11.4 Å². The lowest BCUT2D eigenvalue weighted by Crippen LogP contribution is -1.82. The Morgan fingerprint density at radius 1 is 0.800 bits per heavy atom. The van der Waals surface area contributed by atoms with Gasteiger partial charge in [0.05, 0.1) is 12.4 Å². The van der Waals surface area contributed by atoms with Gasteiger partial charge in [-0.25, -0.2) is 0 Å². The topological polar surface area (TPSA) is 74.2 Å². The Balaban J connectivity index is 2.46. The summed E-state index contributed by atoms with van der Waals surface area (Å²) in [5, 5.41) is 21.1. The van der Waals surface area contributed by atoms with E-state index in [9.17, 15) is 0 Å². The van der Waals surface area contributed by atoms with Crippen molar-refractivity contribution in [2.75, 3.05) is 0 Å². The van der Waals surface area contributed by atoms with Gasteiger partial charge in [0, 0.05) is 0 Å². The molecule has 0 unspecified atom stereocenters. The summed E-state index contributed by atoms with van der Waals surface area (Å²) >= 11 is 0. The zero-order chi connectivity index (χ0) is 6.81. The van der Waals surface area contributed by atoms with Crippen LogP contribution in [-0.2, 0) is 0 Å². The zero-order valence-corrected chi connectivity index (χ0v) is 4.84. The highest BCUT2D eigenvalue weighted by Gasteiger charge is 2.07. The average Bonchev–Trinajstić information content (AvgIpc) is 2.59. The van der Waals surface area contributed by atoms with Crippen molar-refractivity contribution in [3.05, 3.63) is 11.4 Å². The van der Waals surface area contributed by atoms with E-state index in [1.165, 1.54) is 12.4 Å². The zero-order valence-electron chi connectivity index (χ0n) is 4.84. The first-order valence-electron chi connectivity index (χ1n) is 2.59. The van der Waals surface area contributed by atoms with Crippen molar-refractivity contribution in [3.8, 4) is 0 Å². The van der Waals surface area contributed by atoms with Crippen LogP contribution in [0.25, 0.3) is 0 Å². The van der Waals surface area contributed by atoms with E-state index in [0.717, 1.165) is 0 Å². The van der Waals surface area contributed by atoms with Crippen LogP contribution in [0, 0.1) is 0 Å². The first-order chi connectivity index (χ1) is 4.97. The highest BCUT2D eigenvalue weighted by Crippen LogP contribution is 2.12. The lowest BCUT2D eigenvalue weighted by atomic mass is 10.4. The van der Waals surface area contributed by atoms with Crippen molar-refractivity contribution in [2.45, 2.75) is 0 Å². The molecule has 2 rings (SSSR count). The van der Waals surface area contributed by atoms with Gasteiger partial charge in [-0.05, 0) is 10.4 Å². The third-order valence-electron chi connectivity index (χ3n) is 1.03. The number of hydrogen-bond donors (Lipinski definition) is 0. The second-order valence-electron chi connectivity index (χ2n) is 1.64. The molecule has 0 amide bonds. The summed E-state index contributed by atoms with van der Waals surface area (Å²) in [7, 11) is 0. The normalized spacial score (nSPS) is 27.2. The van der Waals surface area contributed by atoms with Gasteiger partial charge in [-0.2, -0.15) is 0 Å². The Kier molecular flexibility index (Phi) is 0.970. The van der Waals surface area contributed by atoms with E-state index < -0.39 is 0 Å². The summed E-state index contributed by atoms with van der Waals surface area (Å²) in [4.78, 5) is 0. The monoisotopic (exact) mass is 134 g/mol. The van der Waals surface area contributed by atoms with Crippen molar-refractivity contribution in [2.24, 2.45) is 30.9 Å². The molecule has 0 aromatic rings. The molecule has 0 saturated heterocycles. The van der Waals surface area contributed by atoms with Crippen LogP contribution in [0.4, 0.5) is 0 Å². The minimum absolute atomic E-state index is 0.602. The third kappa shape index (κ3) is 0.661. The number of allylic oxidation sites excluding steroid dienone is 2. The first-order valence-corrected chi connectivity index (χ1v) is 2.59. The maximum Gasteiger partial charge on any atom is 0.137 e. The molecule has 6 heteroatoms. The van der Waals surface area contributed by atoms with Crippen LogP contribution >= 0.6 is 0 Å². The number of nitrogens with zero attached hydrogens (tertiary/aromatic N) is 6. The van der Waals surface area contributed by atoms with Crippen LogP contribution in [0.15, 0.2) is 42.3 Å². The lowest BCUT2D eigenvalue weighted by Gasteiger charge is -1.82. The van der Waals surface area contributed by atoms with E-state index in [-0.39, 0.29) is 0 Å². The van der Waals surface area contributed by atoms with Crippen LogP contribution in [0.3, 0.4) is 0 Å². The molecule has 0 aromatic heterocycles. The fraction of sp³-hybridized carbons (Fsp3) is 0. The van der Waals surface area contributed by atoms with Crippen LogP contribution in [0.5, 0.6) is 0 Å². The van der Waals surface area contributed by atoms with E-state index >= 15 is 0 Å². The maximum absolute atomic E-state index is 3.66. The smallest absolute Gasteiger partial charge is 0.136 e. The summed E-state index contributed by atoms with van der Waals surface area (Å²) in [6.45, 7) is 0. The second kappa shape index (κ2) is 1.90. The molecule has 0 aliphatic carbocycles. The predicted octanol–water partition coefficient (Wildman–Crippen LogP) is 1.10. The van der Waals surface area contributed by atoms with Crippen LogP contribution < -0.4 is 0 Å². The van der Waals surface area contributed by atoms with Crippen LogP contribution in [0.2, 0.25) is 0 Å². The van der Waals surface area contributed by atoms with Gasteiger partial charge >= 0.3 is 0 Å². The van der Waals surface area contributed by atoms with Gasteiger partial charge in [-0.1, -0.05) is 0 Å². The molecule has 0 bridgehead atoms. The molecule has 0 N–H and O–H groups in total. The molecular weight excluding hydrogens is 132 g/mol. The highest BCUT2D eigenvalue weighted by atomic mass is 15.4. The molecular formula is C4H2N6. The summed E-state index contributed by atoms with van der Waals surface area (Å²) < 4.78 is 0. The minimum Gasteiger partial charge on any atom is -0.136 e. The van der Waals surface area contributed by atoms with Crippen molar-refractivity contribution in [1.29, 1.82) is 0 Å².